The van der Waals surface area contributed by atoms with E-state index in [1.165, 1.54) is 25.0 Å². The van der Waals surface area contributed by atoms with E-state index in [0.717, 1.165) is 19.3 Å². The van der Waals surface area contributed by atoms with Gasteiger partial charge in [-0.1, -0.05) is 19.8 Å². The lowest BCUT2D eigenvalue weighted by Crippen LogP contribution is -2.42. The molecule has 1 heterocycles. The number of ether oxygens (including phenoxy) is 1. The van der Waals surface area contributed by atoms with E-state index in [9.17, 15) is 9.59 Å². The van der Waals surface area contributed by atoms with Gasteiger partial charge in [0.05, 0.1) is 6.20 Å². The first-order chi connectivity index (χ1) is 9.66. The Morgan fingerprint density at radius 3 is 2.85 bits per heavy atom. The molecule has 0 saturated heterocycles. The fraction of sp³-hybridized carbons (Fsp3) is 0.571. The first kappa shape index (κ1) is 14.4. The van der Waals surface area contributed by atoms with Gasteiger partial charge in [0.25, 0.3) is 5.91 Å². The van der Waals surface area contributed by atoms with Crippen LogP contribution in [0.25, 0.3) is 0 Å². The Kier molecular flexibility index (Phi) is 5.03. The second kappa shape index (κ2) is 6.98. The molecular formula is C14H19N3O3. The van der Waals surface area contributed by atoms with Crippen LogP contribution in [0.5, 0.6) is 0 Å². The summed E-state index contributed by atoms with van der Waals surface area (Å²) < 4.78 is 4.91. The van der Waals surface area contributed by atoms with Gasteiger partial charge >= 0.3 is 5.97 Å². The highest BCUT2D eigenvalue weighted by Crippen LogP contribution is 2.23. The normalized spacial score (nSPS) is 22.1. The summed E-state index contributed by atoms with van der Waals surface area (Å²) in [4.78, 5) is 31.0. The van der Waals surface area contributed by atoms with Gasteiger partial charge in [-0.05, 0) is 18.8 Å². The minimum atomic E-state index is -0.634. The predicted molar refractivity (Wildman–Crippen MR) is 71.9 cm³/mol. The van der Waals surface area contributed by atoms with Crippen molar-refractivity contribution in [2.45, 2.75) is 38.6 Å². The zero-order chi connectivity index (χ0) is 14.4. The van der Waals surface area contributed by atoms with Gasteiger partial charge in [0.15, 0.2) is 12.3 Å². The Morgan fingerprint density at radius 2 is 2.15 bits per heavy atom. The van der Waals surface area contributed by atoms with Crippen molar-refractivity contribution in [2.24, 2.45) is 5.92 Å². The van der Waals surface area contributed by atoms with Crippen molar-refractivity contribution in [3.8, 4) is 0 Å². The van der Waals surface area contributed by atoms with Gasteiger partial charge in [-0.2, -0.15) is 0 Å². The zero-order valence-electron chi connectivity index (χ0n) is 11.5. The molecule has 2 unspecified atom stereocenters. The first-order valence-electron chi connectivity index (χ1n) is 6.89. The Balaban J connectivity index is 1.76. The van der Waals surface area contributed by atoms with Crippen molar-refractivity contribution in [1.29, 1.82) is 0 Å². The van der Waals surface area contributed by atoms with Crippen LogP contribution in [0.1, 0.15) is 43.1 Å². The van der Waals surface area contributed by atoms with Crippen LogP contribution < -0.4 is 5.32 Å². The molecular weight excluding hydrogens is 258 g/mol. The van der Waals surface area contributed by atoms with E-state index in [1.807, 2.05) is 0 Å². The summed E-state index contributed by atoms with van der Waals surface area (Å²) in [7, 11) is 0. The maximum absolute atomic E-state index is 11.8. The molecule has 0 radical (unpaired) electrons. The third-order valence-electron chi connectivity index (χ3n) is 3.56. The summed E-state index contributed by atoms with van der Waals surface area (Å²) in [5, 5.41) is 2.92. The fourth-order valence-corrected chi connectivity index (χ4v) is 2.39. The highest BCUT2D eigenvalue weighted by molar-refractivity contribution is 5.89. The van der Waals surface area contributed by atoms with Gasteiger partial charge in [0, 0.05) is 18.4 Å². The molecule has 1 aromatic rings. The van der Waals surface area contributed by atoms with Crippen LogP contribution in [0.2, 0.25) is 0 Å². The molecule has 0 bridgehead atoms. The van der Waals surface area contributed by atoms with Gasteiger partial charge in [-0.15, -0.1) is 0 Å². The molecule has 108 valence electrons. The summed E-state index contributed by atoms with van der Waals surface area (Å²) in [6.45, 7) is 1.86. The second-order valence-electron chi connectivity index (χ2n) is 5.10. The number of nitrogens with one attached hydrogen (secondary N) is 1. The lowest BCUT2D eigenvalue weighted by atomic mass is 9.86. The number of hydrogen-bond acceptors (Lipinski definition) is 5. The molecule has 1 saturated carbocycles. The Labute approximate surface area is 118 Å². The third-order valence-corrected chi connectivity index (χ3v) is 3.56. The van der Waals surface area contributed by atoms with Crippen LogP contribution in [0.4, 0.5) is 0 Å². The smallest absolute Gasteiger partial charge is 0.359 e. The number of nitrogens with zero attached hydrogens (tertiary/aromatic N) is 2. The minimum Gasteiger partial charge on any atom is -0.451 e. The van der Waals surface area contributed by atoms with E-state index < -0.39 is 5.97 Å². The number of carbonyl (C=O) groups excluding carboxylic acids is 2. The van der Waals surface area contributed by atoms with E-state index in [0.29, 0.717) is 5.92 Å². The van der Waals surface area contributed by atoms with Crippen molar-refractivity contribution >= 4 is 11.9 Å². The van der Waals surface area contributed by atoms with E-state index in [4.69, 9.17) is 4.74 Å². The average Bonchev–Trinajstić information content (AvgIpc) is 2.48. The number of esters is 1. The summed E-state index contributed by atoms with van der Waals surface area (Å²) in [5.74, 6) is -0.422. The first-order valence-corrected chi connectivity index (χ1v) is 6.89. The quantitative estimate of drug-likeness (QED) is 0.840. The van der Waals surface area contributed by atoms with Crippen LogP contribution in [0.15, 0.2) is 18.6 Å². The maximum Gasteiger partial charge on any atom is 0.359 e. The van der Waals surface area contributed by atoms with Crippen molar-refractivity contribution < 1.29 is 14.3 Å². The summed E-state index contributed by atoms with van der Waals surface area (Å²) in [6, 6.07) is 0.187. The number of rotatable bonds is 4. The van der Waals surface area contributed by atoms with Gasteiger partial charge in [-0.3, -0.25) is 9.78 Å². The highest BCUT2D eigenvalue weighted by atomic mass is 16.5. The molecule has 1 aliphatic rings. The van der Waals surface area contributed by atoms with Crippen molar-refractivity contribution in [3.63, 3.8) is 0 Å². The molecule has 6 nitrogen and oxygen atoms in total. The van der Waals surface area contributed by atoms with Crippen LogP contribution in [0, 0.1) is 5.92 Å². The molecule has 1 fully saturated rings. The maximum atomic E-state index is 11.8. The van der Waals surface area contributed by atoms with Crippen molar-refractivity contribution in [1.82, 2.24) is 15.3 Å². The van der Waals surface area contributed by atoms with Crippen molar-refractivity contribution in [2.75, 3.05) is 6.61 Å². The van der Waals surface area contributed by atoms with Crippen LogP contribution in [0.3, 0.4) is 0 Å². The molecule has 0 aromatic carbocycles. The molecule has 1 N–H and O–H groups in total. The van der Waals surface area contributed by atoms with Crippen molar-refractivity contribution in [3.05, 3.63) is 24.3 Å². The topological polar surface area (TPSA) is 81.2 Å². The summed E-state index contributed by atoms with van der Waals surface area (Å²) >= 11 is 0. The second-order valence-corrected chi connectivity index (χ2v) is 5.10. The SMILES string of the molecule is CC1CCCCC1NC(=O)COC(=O)c1cnccn1. The Morgan fingerprint density at radius 1 is 1.35 bits per heavy atom. The molecule has 20 heavy (non-hydrogen) atoms. The van der Waals surface area contributed by atoms with Crippen LogP contribution in [-0.4, -0.2) is 34.5 Å². The molecule has 2 atom stereocenters. The van der Waals surface area contributed by atoms with E-state index in [-0.39, 0.29) is 24.2 Å². The summed E-state index contributed by atoms with van der Waals surface area (Å²) in [6.07, 6.45) is 8.65. The number of carbonyl (C=O) groups is 2. The largest absolute Gasteiger partial charge is 0.451 e. The fourth-order valence-electron chi connectivity index (χ4n) is 2.39. The Hall–Kier alpha value is -1.98. The Bertz CT molecular complexity index is 464. The molecule has 0 spiro atoms. The average molecular weight is 277 g/mol. The van der Waals surface area contributed by atoms with Crippen LogP contribution in [-0.2, 0) is 9.53 Å². The van der Waals surface area contributed by atoms with E-state index >= 15 is 0 Å². The van der Waals surface area contributed by atoms with Gasteiger partial charge < -0.3 is 10.1 Å². The number of amides is 1. The standard InChI is InChI=1S/C14H19N3O3/c1-10-4-2-3-5-11(10)17-13(18)9-20-14(19)12-8-15-6-7-16-12/h6-8,10-11H,2-5,9H2,1H3,(H,17,18). The molecule has 6 heteroatoms. The van der Waals surface area contributed by atoms with Gasteiger partial charge in [0.1, 0.15) is 0 Å². The zero-order valence-corrected chi connectivity index (χ0v) is 11.5. The van der Waals surface area contributed by atoms with E-state index in [2.05, 4.69) is 22.2 Å². The lowest BCUT2D eigenvalue weighted by molar-refractivity contribution is -0.125. The number of hydrogen-bond donors (Lipinski definition) is 1. The minimum absolute atomic E-state index is 0.103. The number of aromatic nitrogens is 2. The molecule has 1 amide bonds. The van der Waals surface area contributed by atoms with Gasteiger partial charge in [-0.25, -0.2) is 9.78 Å². The monoisotopic (exact) mass is 277 g/mol. The lowest BCUT2D eigenvalue weighted by Gasteiger charge is -2.29. The molecule has 1 aromatic heterocycles. The third kappa shape index (κ3) is 4.01. The summed E-state index contributed by atoms with van der Waals surface area (Å²) in [5.41, 5.74) is 0.103. The molecule has 1 aliphatic carbocycles. The molecule has 0 aliphatic heterocycles. The molecule has 2 rings (SSSR count). The highest BCUT2D eigenvalue weighted by Gasteiger charge is 2.23. The van der Waals surface area contributed by atoms with E-state index in [1.54, 1.807) is 0 Å². The predicted octanol–water partition coefficient (Wildman–Crippen LogP) is 1.33. The van der Waals surface area contributed by atoms with Crippen LogP contribution >= 0.6 is 0 Å². The van der Waals surface area contributed by atoms with Gasteiger partial charge in [0.2, 0.25) is 0 Å².